The normalized spacial score (nSPS) is 20.6. The van der Waals surface area contributed by atoms with Gasteiger partial charge in [0.1, 0.15) is 18.3 Å². The number of Topliss-reactive ketones (excluding diaryl/α,β-unsaturated/α-hetero) is 1. The number of ether oxygens (including phenoxy) is 3. The number of carbonyl (C=O) groups is 2. The first-order valence-electron chi connectivity index (χ1n) is 8.10. The van der Waals surface area contributed by atoms with Crippen LogP contribution in [0.2, 0.25) is 0 Å². The van der Waals surface area contributed by atoms with E-state index in [0.29, 0.717) is 19.6 Å². The molecular formula is C18H25NO5. The molecule has 1 heterocycles. The molecule has 132 valence electrons. The summed E-state index contributed by atoms with van der Waals surface area (Å²) < 4.78 is 16.1. The number of rotatable bonds is 6. The molecule has 0 spiro atoms. The SMILES string of the molecule is CC(C)(C)OC(=O)N[C@@H]1CCO[C@@H]1C(=O)COCc1ccccc1. The Bertz CT molecular complexity index is 552. The number of carbonyl (C=O) groups excluding carboxylic acids is 2. The molecule has 0 radical (unpaired) electrons. The van der Waals surface area contributed by atoms with Gasteiger partial charge in [-0.1, -0.05) is 30.3 Å². The highest BCUT2D eigenvalue weighted by Gasteiger charge is 2.35. The zero-order valence-electron chi connectivity index (χ0n) is 14.4. The van der Waals surface area contributed by atoms with Crippen LogP contribution in [0, 0.1) is 0 Å². The van der Waals surface area contributed by atoms with E-state index in [4.69, 9.17) is 14.2 Å². The first-order chi connectivity index (χ1) is 11.3. The summed E-state index contributed by atoms with van der Waals surface area (Å²) in [6.07, 6.45) is -0.650. The molecule has 1 aliphatic rings. The maximum Gasteiger partial charge on any atom is 0.407 e. The Morgan fingerprint density at radius 3 is 2.62 bits per heavy atom. The number of hydrogen-bond acceptors (Lipinski definition) is 5. The van der Waals surface area contributed by atoms with E-state index in [1.54, 1.807) is 20.8 Å². The molecule has 1 N–H and O–H groups in total. The van der Waals surface area contributed by atoms with Crippen molar-refractivity contribution >= 4 is 11.9 Å². The molecule has 1 aromatic carbocycles. The van der Waals surface area contributed by atoms with Crippen LogP contribution in [0.15, 0.2) is 30.3 Å². The van der Waals surface area contributed by atoms with Crippen molar-refractivity contribution < 1.29 is 23.8 Å². The Morgan fingerprint density at radius 2 is 1.96 bits per heavy atom. The number of alkyl carbamates (subject to hydrolysis) is 1. The fourth-order valence-corrected chi connectivity index (χ4v) is 2.44. The minimum Gasteiger partial charge on any atom is -0.444 e. The quantitative estimate of drug-likeness (QED) is 0.864. The Balaban J connectivity index is 1.79. The predicted molar refractivity (Wildman–Crippen MR) is 88.6 cm³/mol. The van der Waals surface area contributed by atoms with Gasteiger partial charge in [0.15, 0.2) is 5.78 Å². The number of ketones is 1. The van der Waals surface area contributed by atoms with Crippen molar-refractivity contribution in [3.05, 3.63) is 35.9 Å². The Kier molecular flexibility index (Phi) is 6.34. The van der Waals surface area contributed by atoms with Crippen LogP contribution in [-0.2, 0) is 25.6 Å². The van der Waals surface area contributed by atoms with E-state index in [-0.39, 0.29) is 18.4 Å². The van der Waals surface area contributed by atoms with Crippen LogP contribution in [-0.4, -0.2) is 42.8 Å². The van der Waals surface area contributed by atoms with E-state index in [0.717, 1.165) is 5.56 Å². The second kappa shape index (κ2) is 8.26. The van der Waals surface area contributed by atoms with E-state index < -0.39 is 17.8 Å². The Hall–Kier alpha value is -1.92. The van der Waals surface area contributed by atoms with Gasteiger partial charge in [0.05, 0.1) is 12.6 Å². The molecule has 2 rings (SSSR count). The summed E-state index contributed by atoms with van der Waals surface area (Å²) in [6, 6.07) is 9.25. The minimum absolute atomic E-state index is 0.0495. The molecule has 1 aromatic rings. The highest BCUT2D eigenvalue weighted by atomic mass is 16.6. The molecule has 0 aromatic heterocycles. The average Bonchev–Trinajstić information content (AvgIpc) is 2.94. The lowest BCUT2D eigenvalue weighted by atomic mass is 10.1. The van der Waals surface area contributed by atoms with Gasteiger partial charge >= 0.3 is 6.09 Å². The van der Waals surface area contributed by atoms with Crippen molar-refractivity contribution in [1.29, 1.82) is 0 Å². The molecule has 24 heavy (non-hydrogen) atoms. The fourth-order valence-electron chi connectivity index (χ4n) is 2.44. The van der Waals surface area contributed by atoms with Gasteiger partial charge in [0.25, 0.3) is 0 Å². The summed E-state index contributed by atoms with van der Waals surface area (Å²) >= 11 is 0. The monoisotopic (exact) mass is 335 g/mol. The first-order valence-corrected chi connectivity index (χ1v) is 8.10. The van der Waals surface area contributed by atoms with Gasteiger partial charge in [-0.05, 0) is 32.8 Å². The predicted octanol–water partition coefficient (Wildman–Crippen LogP) is 2.45. The van der Waals surface area contributed by atoms with Gasteiger partial charge in [-0.15, -0.1) is 0 Å². The summed E-state index contributed by atoms with van der Waals surface area (Å²) in [7, 11) is 0. The lowest BCUT2D eigenvalue weighted by Gasteiger charge is -2.23. The molecular weight excluding hydrogens is 310 g/mol. The van der Waals surface area contributed by atoms with Crippen LogP contribution in [0.3, 0.4) is 0 Å². The summed E-state index contributed by atoms with van der Waals surface area (Å²) in [5.41, 5.74) is 0.419. The first kappa shape index (κ1) is 18.4. The van der Waals surface area contributed by atoms with Gasteiger partial charge in [-0.3, -0.25) is 4.79 Å². The molecule has 0 saturated carbocycles. The van der Waals surface area contributed by atoms with Crippen LogP contribution in [0.5, 0.6) is 0 Å². The van der Waals surface area contributed by atoms with Crippen molar-refractivity contribution in [2.75, 3.05) is 13.2 Å². The highest BCUT2D eigenvalue weighted by molar-refractivity contribution is 5.86. The zero-order chi connectivity index (χ0) is 17.6. The van der Waals surface area contributed by atoms with Crippen molar-refractivity contribution in [2.45, 2.75) is 51.5 Å². The second-order valence-corrected chi connectivity index (χ2v) is 6.78. The van der Waals surface area contributed by atoms with Crippen molar-refractivity contribution in [1.82, 2.24) is 5.32 Å². The standard InChI is InChI=1S/C18H25NO5/c1-18(2,3)24-17(21)19-14-9-10-23-16(14)15(20)12-22-11-13-7-5-4-6-8-13/h4-8,14,16H,9-12H2,1-3H3,(H,19,21)/t14-,16+/m1/s1. The Labute approximate surface area is 142 Å². The van der Waals surface area contributed by atoms with Gasteiger partial charge in [0, 0.05) is 6.61 Å². The van der Waals surface area contributed by atoms with Crippen LogP contribution < -0.4 is 5.32 Å². The molecule has 6 heteroatoms. The largest absolute Gasteiger partial charge is 0.444 e. The number of nitrogens with one attached hydrogen (secondary N) is 1. The number of benzene rings is 1. The van der Waals surface area contributed by atoms with E-state index >= 15 is 0 Å². The van der Waals surface area contributed by atoms with Gasteiger partial charge in [-0.2, -0.15) is 0 Å². The molecule has 0 unspecified atom stereocenters. The fraction of sp³-hybridized carbons (Fsp3) is 0.556. The van der Waals surface area contributed by atoms with E-state index in [1.807, 2.05) is 30.3 Å². The summed E-state index contributed by atoms with van der Waals surface area (Å²) in [5, 5.41) is 2.71. The van der Waals surface area contributed by atoms with Gasteiger partial charge in [0.2, 0.25) is 0 Å². The molecule has 0 bridgehead atoms. The molecule has 1 fully saturated rings. The van der Waals surface area contributed by atoms with Crippen LogP contribution in [0.4, 0.5) is 4.79 Å². The molecule has 0 aliphatic carbocycles. The topological polar surface area (TPSA) is 73.9 Å². The molecule has 1 aliphatic heterocycles. The third-order valence-electron chi connectivity index (χ3n) is 3.47. The third kappa shape index (κ3) is 5.94. The maximum absolute atomic E-state index is 12.3. The van der Waals surface area contributed by atoms with E-state index in [9.17, 15) is 9.59 Å². The summed E-state index contributed by atoms with van der Waals surface area (Å²) in [4.78, 5) is 24.1. The van der Waals surface area contributed by atoms with Crippen LogP contribution >= 0.6 is 0 Å². The van der Waals surface area contributed by atoms with E-state index in [1.165, 1.54) is 0 Å². The summed E-state index contributed by atoms with van der Waals surface area (Å²) in [5.74, 6) is -0.176. The van der Waals surface area contributed by atoms with Crippen molar-refractivity contribution in [3.8, 4) is 0 Å². The maximum atomic E-state index is 12.3. The lowest BCUT2D eigenvalue weighted by molar-refractivity contribution is -0.133. The van der Waals surface area contributed by atoms with Crippen molar-refractivity contribution in [2.24, 2.45) is 0 Å². The molecule has 1 saturated heterocycles. The lowest BCUT2D eigenvalue weighted by Crippen LogP contribution is -2.46. The minimum atomic E-state index is -0.687. The molecule has 2 atom stereocenters. The molecule has 6 nitrogen and oxygen atoms in total. The Morgan fingerprint density at radius 1 is 1.25 bits per heavy atom. The zero-order valence-corrected chi connectivity index (χ0v) is 14.4. The van der Waals surface area contributed by atoms with Crippen molar-refractivity contribution in [3.63, 3.8) is 0 Å². The summed E-state index contributed by atoms with van der Waals surface area (Å²) in [6.45, 7) is 6.11. The van der Waals surface area contributed by atoms with Crippen LogP contribution in [0.25, 0.3) is 0 Å². The number of amides is 1. The highest BCUT2D eigenvalue weighted by Crippen LogP contribution is 2.16. The van der Waals surface area contributed by atoms with Gasteiger partial charge in [-0.25, -0.2) is 4.79 Å². The van der Waals surface area contributed by atoms with Crippen LogP contribution in [0.1, 0.15) is 32.8 Å². The smallest absolute Gasteiger partial charge is 0.407 e. The second-order valence-electron chi connectivity index (χ2n) is 6.78. The average molecular weight is 335 g/mol. The van der Waals surface area contributed by atoms with Gasteiger partial charge < -0.3 is 19.5 Å². The number of hydrogen-bond donors (Lipinski definition) is 1. The molecule has 1 amide bonds. The third-order valence-corrected chi connectivity index (χ3v) is 3.47. The van der Waals surface area contributed by atoms with E-state index in [2.05, 4.69) is 5.32 Å².